The molecule has 1 N–H and O–H groups in total. The van der Waals surface area contributed by atoms with Crippen LogP contribution in [0.1, 0.15) is 54.4 Å². The fraction of sp³-hybridized carbons (Fsp3) is 0.714. The van der Waals surface area contributed by atoms with Crippen LogP contribution in [0.25, 0.3) is 0 Å². The fourth-order valence-corrected chi connectivity index (χ4v) is 3.02. The molecule has 1 saturated heterocycles. The number of hydrogen-bond donors (Lipinski definition) is 1. The maximum Gasteiger partial charge on any atom is 0.274 e. The summed E-state index contributed by atoms with van der Waals surface area (Å²) in [5, 5.41) is 7.33. The molecule has 0 radical (unpaired) electrons. The zero-order valence-electron chi connectivity index (χ0n) is 11.0. The molecule has 0 spiro atoms. The SMILES string of the molecule is CC1CCN(C(=O)c2n[nH]c3c2CCCC3)CC1. The van der Waals surface area contributed by atoms with Gasteiger partial charge in [0.05, 0.1) is 0 Å². The smallest absolute Gasteiger partial charge is 0.274 e. The van der Waals surface area contributed by atoms with Crippen LogP contribution >= 0.6 is 0 Å². The number of piperidine rings is 1. The van der Waals surface area contributed by atoms with Crippen LogP contribution in [0.3, 0.4) is 0 Å². The van der Waals surface area contributed by atoms with Gasteiger partial charge in [-0.25, -0.2) is 0 Å². The Hall–Kier alpha value is -1.32. The van der Waals surface area contributed by atoms with Gasteiger partial charge in [0.1, 0.15) is 0 Å². The number of rotatable bonds is 1. The van der Waals surface area contributed by atoms with Crippen molar-refractivity contribution in [2.24, 2.45) is 5.92 Å². The van der Waals surface area contributed by atoms with Crippen molar-refractivity contribution in [1.29, 1.82) is 0 Å². The molecule has 1 amide bonds. The maximum absolute atomic E-state index is 12.5. The predicted molar refractivity (Wildman–Crippen MR) is 69.5 cm³/mol. The first-order valence-electron chi connectivity index (χ1n) is 7.11. The minimum atomic E-state index is 0.140. The highest BCUT2D eigenvalue weighted by Crippen LogP contribution is 2.24. The molecule has 0 bridgehead atoms. The summed E-state index contributed by atoms with van der Waals surface area (Å²) in [5.74, 6) is 0.892. The average molecular weight is 247 g/mol. The molecule has 2 aliphatic rings. The second-order valence-electron chi connectivity index (χ2n) is 5.71. The molecule has 4 nitrogen and oxygen atoms in total. The zero-order valence-corrected chi connectivity index (χ0v) is 11.0. The van der Waals surface area contributed by atoms with Crippen LogP contribution < -0.4 is 0 Å². The third-order valence-electron chi connectivity index (χ3n) is 4.33. The summed E-state index contributed by atoms with van der Waals surface area (Å²) in [7, 11) is 0. The molecule has 1 fully saturated rings. The Kier molecular flexibility index (Phi) is 3.10. The van der Waals surface area contributed by atoms with Crippen LogP contribution in [0.15, 0.2) is 0 Å². The summed E-state index contributed by atoms with van der Waals surface area (Å²) < 4.78 is 0. The molecule has 0 atom stereocenters. The van der Waals surface area contributed by atoms with Crippen LogP contribution in [-0.2, 0) is 12.8 Å². The van der Waals surface area contributed by atoms with Gasteiger partial charge < -0.3 is 4.90 Å². The number of fused-ring (bicyclic) bond motifs is 1. The summed E-state index contributed by atoms with van der Waals surface area (Å²) in [6.07, 6.45) is 6.70. The van der Waals surface area contributed by atoms with Gasteiger partial charge >= 0.3 is 0 Å². The van der Waals surface area contributed by atoms with E-state index < -0.39 is 0 Å². The Morgan fingerprint density at radius 2 is 2.00 bits per heavy atom. The molecule has 1 aromatic rings. The van der Waals surface area contributed by atoms with E-state index in [2.05, 4.69) is 17.1 Å². The monoisotopic (exact) mass is 247 g/mol. The van der Waals surface area contributed by atoms with Gasteiger partial charge in [-0.2, -0.15) is 5.10 Å². The number of hydrogen-bond acceptors (Lipinski definition) is 2. The van der Waals surface area contributed by atoms with Gasteiger partial charge in [0.15, 0.2) is 5.69 Å². The van der Waals surface area contributed by atoms with Gasteiger partial charge in [0.2, 0.25) is 0 Å². The lowest BCUT2D eigenvalue weighted by atomic mass is 9.94. The number of H-pyrrole nitrogens is 1. The van der Waals surface area contributed by atoms with Crippen molar-refractivity contribution in [2.45, 2.75) is 45.4 Å². The molecule has 1 aliphatic carbocycles. The molecule has 0 aromatic carbocycles. The first kappa shape index (κ1) is 11.8. The summed E-state index contributed by atoms with van der Waals surface area (Å²) in [6, 6.07) is 0. The molecule has 4 heteroatoms. The second kappa shape index (κ2) is 4.75. The lowest BCUT2D eigenvalue weighted by Gasteiger charge is -2.30. The van der Waals surface area contributed by atoms with Gasteiger partial charge in [0.25, 0.3) is 5.91 Å². The van der Waals surface area contributed by atoms with Crippen molar-refractivity contribution in [3.63, 3.8) is 0 Å². The highest BCUT2D eigenvalue weighted by atomic mass is 16.2. The molecule has 1 aliphatic heterocycles. The van der Waals surface area contributed by atoms with E-state index in [4.69, 9.17) is 0 Å². The van der Waals surface area contributed by atoms with E-state index in [-0.39, 0.29) is 5.91 Å². The maximum atomic E-state index is 12.5. The van der Waals surface area contributed by atoms with Crippen molar-refractivity contribution in [2.75, 3.05) is 13.1 Å². The zero-order chi connectivity index (χ0) is 12.5. The molecule has 2 heterocycles. The first-order valence-corrected chi connectivity index (χ1v) is 7.11. The van der Waals surface area contributed by atoms with Crippen LogP contribution in [0.4, 0.5) is 0 Å². The van der Waals surface area contributed by atoms with Crippen LogP contribution in [0, 0.1) is 5.92 Å². The van der Waals surface area contributed by atoms with Crippen LogP contribution in [-0.4, -0.2) is 34.1 Å². The topological polar surface area (TPSA) is 49.0 Å². The average Bonchev–Trinajstić information content (AvgIpc) is 2.82. The lowest BCUT2D eigenvalue weighted by molar-refractivity contribution is 0.0690. The van der Waals surface area contributed by atoms with E-state index in [1.54, 1.807) is 0 Å². The molecular weight excluding hydrogens is 226 g/mol. The van der Waals surface area contributed by atoms with E-state index in [0.29, 0.717) is 5.69 Å². The normalized spacial score (nSPS) is 20.8. The molecular formula is C14H21N3O. The Morgan fingerprint density at radius 3 is 2.78 bits per heavy atom. The molecule has 3 rings (SSSR count). The highest BCUT2D eigenvalue weighted by molar-refractivity contribution is 5.94. The van der Waals surface area contributed by atoms with E-state index >= 15 is 0 Å². The largest absolute Gasteiger partial charge is 0.337 e. The Morgan fingerprint density at radius 1 is 1.28 bits per heavy atom. The molecule has 0 unspecified atom stereocenters. The van der Waals surface area contributed by atoms with Gasteiger partial charge in [0, 0.05) is 24.3 Å². The number of carbonyl (C=O) groups is 1. The predicted octanol–water partition coefficient (Wildman–Crippen LogP) is 2.16. The van der Waals surface area contributed by atoms with E-state index in [1.807, 2.05) is 4.90 Å². The fourth-order valence-electron chi connectivity index (χ4n) is 3.02. The second-order valence-corrected chi connectivity index (χ2v) is 5.71. The van der Waals surface area contributed by atoms with E-state index in [9.17, 15) is 4.79 Å². The Balaban J connectivity index is 1.78. The first-order chi connectivity index (χ1) is 8.75. The summed E-state index contributed by atoms with van der Waals surface area (Å²) in [5.41, 5.74) is 3.07. The minimum Gasteiger partial charge on any atom is -0.337 e. The molecule has 18 heavy (non-hydrogen) atoms. The number of nitrogens with one attached hydrogen (secondary N) is 1. The lowest BCUT2D eigenvalue weighted by Crippen LogP contribution is -2.38. The van der Waals surface area contributed by atoms with Crippen molar-refractivity contribution in [3.8, 4) is 0 Å². The number of aromatic nitrogens is 2. The quantitative estimate of drug-likeness (QED) is 0.826. The van der Waals surface area contributed by atoms with E-state index in [1.165, 1.54) is 24.1 Å². The van der Waals surface area contributed by atoms with Gasteiger partial charge in [-0.1, -0.05) is 6.92 Å². The number of nitrogens with zero attached hydrogens (tertiary/aromatic N) is 2. The highest BCUT2D eigenvalue weighted by Gasteiger charge is 2.27. The molecule has 98 valence electrons. The molecule has 1 aromatic heterocycles. The van der Waals surface area contributed by atoms with Crippen molar-refractivity contribution in [3.05, 3.63) is 17.0 Å². The third-order valence-corrected chi connectivity index (χ3v) is 4.33. The standard InChI is InChI=1S/C14H21N3O/c1-10-6-8-17(9-7-10)14(18)13-11-4-2-3-5-12(11)15-16-13/h10H,2-9H2,1H3,(H,15,16). The van der Waals surface area contributed by atoms with Crippen LogP contribution in [0.2, 0.25) is 0 Å². The number of carbonyl (C=O) groups excluding carboxylic acids is 1. The number of amides is 1. The minimum absolute atomic E-state index is 0.140. The van der Waals surface area contributed by atoms with Gasteiger partial charge in [-0.3, -0.25) is 9.89 Å². The summed E-state index contributed by atoms with van der Waals surface area (Å²) in [6.45, 7) is 4.04. The Labute approximate surface area is 108 Å². The van der Waals surface area contributed by atoms with Crippen molar-refractivity contribution < 1.29 is 4.79 Å². The number of aryl methyl sites for hydroxylation is 1. The molecule has 0 saturated carbocycles. The van der Waals surface area contributed by atoms with Gasteiger partial charge in [-0.15, -0.1) is 0 Å². The van der Waals surface area contributed by atoms with Crippen molar-refractivity contribution in [1.82, 2.24) is 15.1 Å². The van der Waals surface area contributed by atoms with Crippen LogP contribution in [0.5, 0.6) is 0 Å². The number of likely N-dealkylation sites (tertiary alicyclic amines) is 1. The summed E-state index contributed by atoms with van der Waals surface area (Å²) in [4.78, 5) is 14.5. The van der Waals surface area contributed by atoms with Crippen molar-refractivity contribution >= 4 is 5.91 Å². The number of aromatic amines is 1. The third kappa shape index (κ3) is 2.04. The Bertz CT molecular complexity index is 444. The summed E-state index contributed by atoms with van der Waals surface area (Å²) >= 11 is 0. The van der Waals surface area contributed by atoms with Gasteiger partial charge in [-0.05, 0) is 44.4 Å². The van der Waals surface area contributed by atoms with E-state index in [0.717, 1.165) is 44.7 Å².